The molecule has 2 aromatic carbocycles. The van der Waals surface area contributed by atoms with Gasteiger partial charge in [-0.05, 0) is 36.8 Å². The van der Waals surface area contributed by atoms with Crippen LogP contribution in [0.4, 0.5) is 10.2 Å². The third-order valence-corrected chi connectivity index (χ3v) is 5.48. The monoisotopic (exact) mass is 430 g/mol. The van der Waals surface area contributed by atoms with Crippen molar-refractivity contribution in [2.45, 2.75) is 19.3 Å². The number of hydrogen-bond donors (Lipinski definition) is 1. The molecule has 1 N–H and O–H groups in total. The predicted octanol–water partition coefficient (Wildman–Crippen LogP) is 3.65. The molecule has 2 aromatic heterocycles. The molecule has 1 atom stereocenters. The van der Waals surface area contributed by atoms with Crippen LogP contribution in [0.2, 0.25) is 0 Å². The average Bonchev–Trinajstić information content (AvgIpc) is 3.15. The molecule has 1 unspecified atom stereocenters. The lowest BCUT2D eigenvalue weighted by atomic mass is 9.86. The van der Waals surface area contributed by atoms with E-state index in [1.54, 1.807) is 25.4 Å². The molecule has 0 saturated carbocycles. The second kappa shape index (κ2) is 7.84. The fourth-order valence-corrected chi connectivity index (χ4v) is 3.98. The molecule has 0 fully saturated rings. The first-order valence-electron chi connectivity index (χ1n) is 10.0. The van der Waals surface area contributed by atoms with E-state index in [0.717, 1.165) is 22.4 Å². The fraction of sp³-hybridized carbons (Fsp3) is 0.174. The molecule has 9 heteroatoms. The van der Waals surface area contributed by atoms with E-state index in [-0.39, 0.29) is 30.0 Å². The summed E-state index contributed by atoms with van der Waals surface area (Å²) < 4.78 is 20.2. The van der Waals surface area contributed by atoms with Gasteiger partial charge in [-0.1, -0.05) is 24.3 Å². The van der Waals surface area contributed by atoms with Gasteiger partial charge in [0.25, 0.3) is 5.95 Å². The molecule has 0 spiro atoms. The summed E-state index contributed by atoms with van der Waals surface area (Å²) in [5, 5.41) is 15.7. The van der Waals surface area contributed by atoms with Gasteiger partial charge in [-0.2, -0.15) is 14.9 Å². The average molecular weight is 430 g/mol. The number of anilines is 1. The zero-order chi connectivity index (χ0) is 22.2. The first-order valence-corrected chi connectivity index (χ1v) is 10.0. The van der Waals surface area contributed by atoms with Crippen LogP contribution >= 0.6 is 0 Å². The van der Waals surface area contributed by atoms with Gasteiger partial charge in [0, 0.05) is 23.5 Å². The number of hydrogen-bond acceptors (Lipinski definition) is 6. The van der Waals surface area contributed by atoms with Gasteiger partial charge >= 0.3 is 0 Å². The van der Waals surface area contributed by atoms with Crippen molar-refractivity contribution >= 4 is 11.7 Å². The van der Waals surface area contributed by atoms with Crippen molar-refractivity contribution in [1.82, 2.24) is 25.0 Å². The zero-order valence-electron chi connectivity index (χ0n) is 17.4. The summed E-state index contributed by atoms with van der Waals surface area (Å²) in [6.07, 6.45) is 1.80. The number of nitrogens with one attached hydrogen (secondary N) is 1. The van der Waals surface area contributed by atoms with E-state index < -0.39 is 0 Å². The lowest BCUT2D eigenvalue weighted by molar-refractivity contribution is -0.116. The Morgan fingerprint density at radius 3 is 2.78 bits per heavy atom. The second-order valence-electron chi connectivity index (χ2n) is 7.49. The summed E-state index contributed by atoms with van der Waals surface area (Å²) in [5.41, 5.74) is 3.82. The maximum Gasteiger partial charge on any atom is 0.272 e. The number of benzene rings is 2. The van der Waals surface area contributed by atoms with E-state index in [1.165, 1.54) is 16.8 Å². The van der Waals surface area contributed by atoms with Crippen LogP contribution in [0.1, 0.15) is 29.2 Å². The van der Waals surface area contributed by atoms with Gasteiger partial charge in [0.05, 0.1) is 24.7 Å². The molecule has 160 valence electrons. The molecular formula is C23H19FN6O2. The smallest absolute Gasteiger partial charge is 0.272 e. The van der Waals surface area contributed by atoms with Crippen LogP contribution in [0.3, 0.4) is 0 Å². The van der Waals surface area contributed by atoms with E-state index in [4.69, 9.17) is 4.74 Å². The van der Waals surface area contributed by atoms with Crippen LogP contribution in [-0.2, 0) is 4.79 Å². The van der Waals surface area contributed by atoms with Gasteiger partial charge in [-0.25, -0.2) is 9.37 Å². The Kier molecular flexibility index (Phi) is 4.85. The summed E-state index contributed by atoms with van der Waals surface area (Å²) in [6.45, 7) is 1.86. The lowest BCUT2D eigenvalue weighted by Gasteiger charge is -2.24. The molecule has 1 aliphatic heterocycles. The maximum atomic E-state index is 13.4. The van der Waals surface area contributed by atoms with Gasteiger partial charge < -0.3 is 10.1 Å². The molecule has 32 heavy (non-hydrogen) atoms. The number of rotatable bonds is 4. The van der Waals surface area contributed by atoms with E-state index in [9.17, 15) is 9.18 Å². The van der Waals surface area contributed by atoms with Crippen molar-refractivity contribution in [2.75, 3.05) is 12.4 Å². The topological polar surface area (TPSA) is 94.8 Å². The van der Waals surface area contributed by atoms with E-state index in [1.807, 2.05) is 31.2 Å². The predicted molar refractivity (Wildman–Crippen MR) is 115 cm³/mol. The van der Waals surface area contributed by atoms with Gasteiger partial charge in [0.1, 0.15) is 17.4 Å². The molecular weight excluding hydrogens is 411 g/mol. The Bertz CT molecular complexity index is 1320. The first kappa shape index (κ1) is 19.8. The highest BCUT2D eigenvalue weighted by Crippen LogP contribution is 2.40. The SMILES string of the molecule is COc1cccc(-c2cnnc(-n3nc(C)c4c3NC(=O)CC4c3ccc(F)cc3)n2)c1. The highest BCUT2D eigenvalue weighted by atomic mass is 19.1. The zero-order valence-corrected chi connectivity index (χ0v) is 17.4. The quantitative estimate of drug-likeness (QED) is 0.531. The summed E-state index contributed by atoms with van der Waals surface area (Å²) in [6, 6.07) is 13.6. The minimum absolute atomic E-state index is 0.162. The molecule has 1 aliphatic rings. The van der Waals surface area contributed by atoms with Crippen molar-refractivity contribution in [3.8, 4) is 23.0 Å². The van der Waals surface area contributed by atoms with Crippen LogP contribution in [0, 0.1) is 12.7 Å². The van der Waals surface area contributed by atoms with Gasteiger partial charge in [-0.3, -0.25) is 4.79 Å². The molecule has 1 amide bonds. The largest absolute Gasteiger partial charge is 0.497 e. The van der Waals surface area contributed by atoms with Gasteiger partial charge in [0.15, 0.2) is 0 Å². The van der Waals surface area contributed by atoms with Crippen molar-refractivity contribution in [3.05, 3.63) is 77.4 Å². The van der Waals surface area contributed by atoms with Crippen molar-refractivity contribution < 1.29 is 13.9 Å². The number of methoxy groups -OCH3 is 1. The van der Waals surface area contributed by atoms with Crippen molar-refractivity contribution in [1.29, 1.82) is 0 Å². The second-order valence-corrected chi connectivity index (χ2v) is 7.49. The summed E-state index contributed by atoms with van der Waals surface area (Å²) in [4.78, 5) is 17.1. The Morgan fingerprint density at radius 2 is 2.00 bits per heavy atom. The number of fused-ring (bicyclic) bond motifs is 1. The number of carbonyl (C=O) groups is 1. The molecule has 0 saturated heterocycles. The number of nitrogens with zero attached hydrogens (tertiary/aromatic N) is 5. The minimum atomic E-state index is -0.324. The summed E-state index contributed by atoms with van der Waals surface area (Å²) in [5.74, 6) is 0.694. The Labute approximate surface area is 183 Å². The third-order valence-electron chi connectivity index (χ3n) is 5.48. The lowest BCUT2D eigenvalue weighted by Crippen LogP contribution is -2.25. The fourth-order valence-electron chi connectivity index (χ4n) is 3.98. The molecule has 8 nitrogen and oxygen atoms in total. The minimum Gasteiger partial charge on any atom is -0.497 e. The Balaban J connectivity index is 1.60. The first-order chi connectivity index (χ1) is 15.5. The number of amides is 1. The molecule has 4 aromatic rings. The van der Waals surface area contributed by atoms with Crippen LogP contribution in [0.25, 0.3) is 17.2 Å². The Hall–Kier alpha value is -4.14. The van der Waals surface area contributed by atoms with E-state index in [0.29, 0.717) is 17.3 Å². The molecule has 3 heterocycles. The number of aryl methyl sites for hydroxylation is 1. The van der Waals surface area contributed by atoms with E-state index >= 15 is 0 Å². The van der Waals surface area contributed by atoms with Gasteiger partial charge in [-0.15, -0.1) is 5.10 Å². The molecule has 0 radical (unpaired) electrons. The summed E-state index contributed by atoms with van der Waals surface area (Å²) >= 11 is 0. The van der Waals surface area contributed by atoms with E-state index in [2.05, 4.69) is 25.6 Å². The highest BCUT2D eigenvalue weighted by molar-refractivity contribution is 5.95. The molecule has 0 bridgehead atoms. The number of ether oxygens (including phenoxy) is 1. The van der Waals surface area contributed by atoms with Crippen LogP contribution in [0.5, 0.6) is 5.75 Å². The van der Waals surface area contributed by atoms with Gasteiger partial charge in [0.2, 0.25) is 5.91 Å². The maximum absolute atomic E-state index is 13.4. The number of carbonyl (C=O) groups excluding carboxylic acids is 1. The molecule has 0 aliphatic carbocycles. The normalized spacial score (nSPS) is 15.2. The Morgan fingerprint density at radius 1 is 1.19 bits per heavy atom. The highest BCUT2D eigenvalue weighted by Gasteiger charge is 2.33. The number of aromatic nitrogens is 5. The van der Waals surface area contributed by atoms with Crippen molar-refractivity contribution in [2.24, 2.45) is 0 Å². The van der Waals surface area contributed by atoms with Crippen LogP contribution < -0.4 is 10.1 Å². The third kappa shape index (κ3) is 3.47. The number of halogens is 1. The standard InChI is InChI=1S/C23H19FN6O2/c1-13-21-18(14-6-8-16(24)9-7-14)11-20(31)27-22(21)30(29-13)23-26-19(12-25-28-23)15-4-3-5-17(10-15)32-2/h3-10,12,18H,11H2,1-2H3,(H,27,31). The molecule has 5 rings (SSSR count). The van der Waals surface area contributed by atoms with Crippen LogP contribution in [-0.4, -0.2) is 38.0 Å². The van der Waals surface area contributed by atoms with Crippen LogP contribution in [0.15, 0.2) is 54.7 Å². The van der Waals surface area contributed by atoms with Crippen molar-refractivity contribution in [3.63, 3.8) is 0 Å². The summed E-state index contributed by atoms with van der Waals surface area (Å²) in [7, 11) is 1.60.